The van der Waals surface area contributed by atoms with Crippen molar-refractivity contribution in [2.24, 2.45) is 0 Å². The molecule has 9 aromatic carbocycles. The highest BCUT2D eigenvalue weighted by Crippen LogP contribution is 2.55. The van der Waals surface area contributed by atoms with Gasteiger partial charge in [0.05, 0.1) is 11.4 Å². The quantitative estimate of drug-likeness (QED) is 0.167. The van der Waals surface area contributed by atoms with Crippen molar-refractivity contribution in [1.82, 2.24) is 9.97 Å². The maximum absolute atomic E-state index is 6.43. The number of hydrogen-bond acceptors (Lipinski definition) is 3. The van der Waals surface area contributed by atoms with Crippen LogP contribution < -0.4 is 0 Å². The SMILES string of the molecule is CC1(C)c2ccccc2-c2cccc(-c3cc(-c4cc(-c5ccc(-c6ccccc6)cc5)nc(-c5ccc6c(c5)oc5ccccc56)n4)cc(-c4cccc5c4C(C)(C)c4ccccc4-5)c3)c21. The normalized spacial score (nSPS) is 13.9. The van der Waals surface area contributed by atoms with Gasteiger partial charge in [0.1, 0.15) is 11.2 Å². The highest BCUT2D eigenvalue weighted by atomic mass is 16.3. The molecule has 0 spiro atoms. The molecule has 2 aromatic heterocycles. The molecular formula is C64H46N2O. The lowest BCUT2D eigenvalue weighted by Gasteiger charge is -2.26. The summed E-state index contributed by atoms with van der Waals surface area (Å²) in [5.41, 5.74) is 23.7. The van der Waals surface area contributed by atoms with E-state index in [1.54, 1.807) is 0 Å². The number of rotatable bonds is 6. The Morgan fingerprint density at radius 2 is 0.776 bits per heavy atom. The van der Waals surface area contributed by atoms with E-state index in [2.05, 4.69) is 222 Å². The number of fused-ring (bicyclic) bond motifs is 9. The van der Waals surface area contributed by atoms with Crippen molar-refractivity contribution in [3.05, 3.63) is 229 Å². The lowest BCUT2D eigenvalue weighted by molar-refractivity contribution is 0.662. The molecule has 0 saturated carbocycles. The number of para-hydroxylation sites is 1. The topological polar surface area (TPSA) is 38.9 Å². The highest BCUT2D eigenvalue weighted by Gasteiger charge is 2.39. The smallest absolute Gasteiger partial charge is 0.160 e. The second kappa shape index (κ2) is 14.7. The lowest BCUT2D eigenvalue weighted by Crippen LogP contribution is -2.16. The molecule has 2 heterocycles. The maximum atomic E-state index is 6.43. The third-order valence-corrected chi connectivity index (χ3v) is 14.7. The molecule has 318 valence electrons. The minimum atomic E-state index is -0.202. The minimum Gasteiger partial charge on any atom is -0.456 e. The van der Waals surface area contributed by atoms with Crippen molar-refractivity contribution < 1.29 is 4.42 Å². The molecule has 0 radical (unpaired) electrons. The van der Waals surface area contributed by atoms with Crippen LogP contribution in [-0.2, 0) is 10.8 Å². The fourth-order valence-electron chi connectivity index (χ4n) is 11.5. The van der Waals surface area contributed by atoms with E-state index in [9.17, 15) is 0 Å². The van der Waals surface area contributed by atoms with Gasteiger partial charge in [-0.2, -0.15) is 0 Å². The van der Waals surface area contributed by atoms with Crippen LogP contribution in [0, 0.1) is 0 Å². The first-order chi connectivity index (χ1) is 32.7. The molecule has 0 atom stereocenters. The summed E-state index contributed by atoms with van der Waals surface area (Å²) in [6.45, 7) is 9.50. The van der Waals surface area contributed by atoms with Crippen molar-refractivity contribution in [2.45, 2.75) is 38.5 Å². The molecule has 0 aliphatic heterocycles. The van der Waals surface area contributed by atoms with Gasteiger partial charge in [0.25, 0.3) is 0 Å². The van der Waals surface area contributed by atoms with E-state index in [0.29, 0.717) is 5.82 Å². The molecule has 0 N–H and O–H groups in total. The summed E-state index contributed by atoms with van der Waals surface area (Å²) in [7, 11) is 0. The molecule has 0 saturated heterocycles. The van der Waals surface area contributed by atoms with Gasteiger partial charge in [0, 0.05) is 38.3 Å². The van der Waals surface area contributed by atoms with Gasteiger partial charge in [-0.1, -0.05) is 191 Å². The summed E-state index contributed by atoms with van der Waals surface area (Å²) in [6, 6.07) is 74.7. The number of nitrogens with zero attached hydrogens (tertiary/aromatic N) is 2. The molecule has 0 fully saturated rings. The van der Waals surface area contributed by atoms with Crippen LogP contribution in [0.3, 0.4) is 0 Å². The molecule has 0 bridgehead atoms. The Hall–Kier alpha value is -8.14. The summed E-state index contributed by atoms with van der Waals surface area (Å²) in [5, 5.41) is 2.17. The number of hydrogen-bond donors (Lipinski definition) is 0. The summed E-state index contributed by atoms with van der Waals surface area (Å²) >= 11 is 0. The van der Waals surface area contributed by atoms with Gasteiger partial charge in [0.2, 0.25) is 0 Å². The average molecular weight is 859 g/mol. The van der Waals surface area contributed by atoms with Crippen molar-refractivity contribution >= 4 is 21.9 Å². The predicted molar refractivity (Wildman–Crippen MR) is 277 cm³/mol. The van der Waals surface area contributed by atoms with Crippen LogP contribution >= 0.6 is 0 Å². The monoisotopic (exact) mass is 858 g/mol. The van der Waals surface area contributed by atoms with Crippen molar-refractivity contribution in [1.29, 1.82) is 0 Å². The number of furan rings is 1. The zero-order valence-corrected chi connectivity index (χ0v) is 37.9. The van der Waals surface area contributed by atoms with Gasteiger partial charge in [0.15, 0.2) is 5.82 Å². The molecule has 67 heavy (non-hydrogen) atoms. The fourth-order valence-corrected chi connectivity index (χ4v) is 11.5. The van der Waals surface area contributed by atoms with E-state index in [0.717, 1.165) is 66.7 Å². The van der Waals surface area contributed by atoms with Crippen LogP contribution in [-0.4, -0.2) is 9.97 Å². The summed E-state index contributed by atoms with van der Waals surface area (Å²) < 4.78 is 6.43. The zero-order chi connectivity index (χ0) is 45.0. The third-order valence-electron chi connectivity index (χ3n) is 14.7. The van der Waals surface area contributed by atoms with E-state index in [1.807, 2.05) is 12.1 Å². The van der Waals surface area contributed by atoms with Crippen molar-refractivity contribution in [2.75, 3.05) is 0 Å². The van der Waals surface area contributed by atoms with Crippen molar-refractivity contribution in [3.63, 3.8) is 0 Å². The molecular weight excluding hydrogens is 813 g/mol. The van der Waals surface area contributed by atoms with Crippen LogP contribution in [0.4, 0.5) is 0 Å². The first kappa shape index (κ1) is 39.2. The number of benzene rings is 9. The Bertz CT molecular complexity index is 3670. The Morgan fingerprint density at radius 1 is 0.313 bits per heavy atom. The van der Waals surface area contributed by atoms with Gasteiger partial charge in [-0.25, -0.2) is 9.97 Å². The van der Waals surface area contributed by atoms with Crippen molar-refractivity contribution in [3.8, 4) is 89.5 Å². The van der Waals surface area contributed by atoms with Gasteiger partial charge < -0.3 is 4.42 Å². The largest absolute Gasteiger partial charge is 0.456 e. The molecule has 2 aliphatic carbocycles. The first-order valence-corrected chi connectivity index (χ1v) is 23.3. The van der Waals surface area contributed by atoms with Crippen LogP contribution in [0.5, 0.6) is 0 Å². The van der Waals surface area contributed by atoms with Gasteiger partial charge in [-0.05, 0) is 120 Å². The summed E-state index contributed by atoms with van der Waals surface area (Å²) in [4.78, 5) is 10.9. The molecule has 13 rings (SSSR count). The second-order valence-corrected chi connectivity index (χ2v) is 19.3. The van der Waals surface area contributed by atoms with E-state index >= 15 is 0 Å². The molecule has 0 unspecified atom stereocenters. The fraction of sp³-hybridized carbons (Fsp3) is 0.0938. The highest BCUT2D eigenvalue weighted by molar-refractivity contribution is 6.06. The van der Waals surface area contributed by atoms with Gasteiger partial charge >= 0.3 is 0 Å². The Labute approximate surface area is 391 Å². The zero-order valence-electron chi connectivity index (χ0n) is 37.9. The van der Waals surface area contributed by atoms with Crippen LogP contribution in [0.1, 0.15) is 49.9 Å². The summed E-state index contributed by atoms with van der Waals surface area (Å²) in [6.07, 6.45) is 0. The Morgan fingerprint density at radius 3 is 1.42 bits per heavy atom. The lowest BCUT2D eigenvalue weighted by atomic mass is 9.77. The average Bonchev–Trinajstić information content (AvgIpc) is 3.96. The summed E-state index contributed by atoms with van der Waals surface area (Å²) in [5.74, 6) is 0.642. The van der Waals surface area contributed by atoms with E-state index in [4.69, 9.17) is 14.4 Å². The molecule has 11 aromatic rings. The molecule has 0 amide bonds. The third kappa shape index (κ3) is 6.11. The number of aromatic nitrogens is 2. The minimum absolute atomic E-state index is 0.202. The predicted octanol–water partition coefficient (Wildman–Crippen LogP) is 17.0. The van der Waals surface area contributed by atoms with Gasteiger partial charge in [-0.15, -0.1) is 0 Å². The maximum Gasteiger partial charge on any atom is 0.160 e. The molecule has 3 heteroatoms. The van der Waals surface area contributed by atoms with Crippen LogP contribution in [0.2, 0.25) is 0 Å². The second-order valence-electron chi connectivity index (χ2n) is 19.3. The van der Waals surface area contributed by atoms with E-state index in [1.165, 1.54) is 61.2 Å². The Balaban J connectivity index is 1.05. The standard InChI is InChI=1S/C64H46N2O/c1-63(2)54-25-11-8-18-48(54)52-23-14-21-46(60(52)63)43-34-44(47-22-15-24-53-49-19-9-12-26-55(49)64(3,4)61(47)53)36-45(35-43)57-38-56(41-30-28-40(29-31-41)39-16-6-5-7-17-39)65-62(66-57)42-32-33-51-50-20-10-13-27-58(50)67-59(51)37-42/h5-38H,1-4H3. The van der Waals surface area contributed by atoms with E-state index < -0.39 is 0 Å². The van der Waals surface area contributed by atoms with Crippen LogP contribution in [0.15, 0.2) is 211 Å². The van der Waals surface area contributed by atoms with E-state index in [-0.39, 0.29) is 10.8 Å². The van der Waals surface area contributed by atoms with Gasteiger partial charge in [-0.3, -0.25) is 0 Å². The molecule has 3 nitrogen and oxygen atoms in total. The Kier molecular flexibility index (Phi) is 8.60. The molecule has 2 aliphatic rings. The van der Waals surface area contributed by atoms with Crippen LogP contribution in [0.25, 0.3) is 111 Å². The first-order valence-electron chi connectivity index (χ1n) is 23.3.